The molecule has 0 aliphatic carbocycles. The summed E-state index contributed by atoms with van der Waals surface area (Å²) in [4.78, 5) is 2.48. The molecule has 1 aliphatic rings. The normalized spacial score (nSPS) is 20.6. The van der Waals surface area contributed by atoms with Gasteiger partial charge in [0.05, 0.1) is 0 Å². The molecule has 0 radical (unpaired) electrons. The van der Waals surface area contributed by atoms with Gasteiger partial charge in [-0.1, -0.05) is 18.2 Å². The lowest BCUT2D eigenvalue weighted by atomic mass is 10.1. The molecular formula is C14H22N2O. The maximum absolute atomic E-state index is 5.15. The number of nitrogens with zero attached hydrogens (tertiary/aromatic N) is 1. The molecule has 17 heavy (non-hydrogen) atoms. The molecule has 1 aromatic rings. The first-order valence-corrected chi connectivity index (χ1v) is 6.34. The summed E-state index contributed by atoms with van der Waals surface area (Å²) in [7, 11) is 1.77. The number of hydrogen-bond donors (Lipinski definition) is 1. The molecule has 0 saturated carbocycles. The van der Waals surface area contributed by atoms with Crippen molar-refractivity contribution < 1.29 is 4.74 Å². The number of nitrogens with one attached hydrogen (secondary N) is 1. The van der Waals surface area contributed by atoms with Crippen molar-refractivity contribution in [2.45, 2.75) is 19.4 Å². The van der Waals surface area contributed by atoms with Crippen LogP contribution in [0.25, 0.3) is 0 Å². The van der Waals surface area contributed by atoms with Crippen LogP contribution in [0.2, 0.25) is 0 Å². The Hall–Kier alpha value is -1.06. The second kappa shape index (κ2) is 6.03. The fourth-order valence-electron chi connectivity index (χ4n) is 2.42. The average Bonchev–Trinajstić information content (AvgIpc) is 2.37. The van der Waals surface area contributed by atoms with Crippen LogP contribution in [0.4, 0.5) is 5.69 Å². The van der Waals surface area contributed by atoms with Crippen LogP contribution in [-0.4, -0.2) is 39.4 Å². The lowest BCUT2D eigenvalue weighted by Crippen LogP contribution is -2.51. The smallest absolute Gasteiger partial charge is 0.0477 e. The summed E-state index contributed by atoms with van der Waals surface area (Å²) < 4.78 is 5.15. The largest absolute Gasteiger partial charge is 0.385 e. The fourth-order valence-corrected chi connectivity index (χ4v) is 2.42. The van der Waals surface area contributed by atoms with Crippen LogP contribution in [0.15, 0.2) is 24.3 Å². The lowest BCUT2D eigenvalue weighted by Gasteiger charge is -2.36. The molecule has 1 heterocycles. The molecule has 0 amide bonds. The van der Waals surface area contributed by atoms with Crippen molar-refractivity contribution in [3.63, 3.8) is 0 Å². The van der Waals surface area contributed by atoms with E-state index in [1.807, 2.05) is 0 Å². The van der Waals surface area contributed by atoms with Crippen LogP contribution in [-0.2, 0) is 4.74 Å². The third-order valence-electron chi connectivity index (χ3n) is 3.38. The SMILES string of the molecule is COCCC1CN(c2ccccc2C)CCN1. The highest BCUT2D eigenvalue weighted by atomic mass is 16.5. The Bertz CT molecular complexity index is 354. The number of ether oxygens (including phenoxy) is 1. The molecule has 1 atom stereocenters. The monoisotopic (exact) mass is 234 g/mol. The molecule has 0 bridgehead atoms. The number of methoxy groups -OCH3 is 1. The number of para-hydroxylation sites is 1. The number of benzene rings is 1. The van der Waals surface area contributed by atoms with Crippen LogP contribution >= 0.6 is 0 Å². The summed E-state index contributed by atoms with van der Waals surface area (Å²) in [6.45, 7) is 6.24. The van der Waals surface area contributed by atoms with Crippen LogP contribution < -0.4 is 10.2 Å². The highest BCUT2D eigenvalue weighted by Crippen LogP contribution is 2.20. The summed E-state index contributed by atoms with van der Waals surface area (Å²) in [5, 5.41) is 3.55. The summed E-state index contributed by atoms with van der Waals surface area (Å²) in [5.74, 6) is 0. The number of aryl methyl sites for hydroxylation is 1. The Labute approximate surface area is 104 Å². The third kappa shape index (κ3) is 3.20. The number of rotatable bonds is 4. The van der Waals surface area contributed by atoms with Gasteiger partial charge in [-0.3, -0.25) is 0 Å². The van der Waals surface area contributed by atoms with Gasteiger partial charge in [0.1, 0.15) is 0 Å². The van der Waals surface area contributed by atoms with Gasteiger partial charge < -0.3 is 15.0 Å². The molecule has 1 aromatic carbocycles. The minimum atomic E-state index is 0.545. The van der Waals surface area contributed by atoms with Crippen molar-refractivity contribution in [2.75, 3.05) is 38.3 Å². The number of piperazine rings is 1. The maximum Gasteiger partial charge on any atom is 0.0477 e. The summed E-state index contributed by atoms with van der Waals surface area (Å²) in [5.41, 5.74) is 2.73. The Morgan fingerprint density at radius 1 is 1.41 bits per heavy atom. The summed E-state index contributed by atoms with van der Waals surface area (Å²) in [6, 6.07) is 9.16. The quantitative estimate of drug-likeness (QED) is 0.860. The van der Waals surface area contributed by atoms with Crippen molar-refractivity contribution in [3.05, 3.63) is 29.8 Å². The Kier molecular flexibility index (Phi) is 4.40. The first-order chi connectivity index (χ1) is 8.31. The van der Waals surface area contributed by atoms with Gasteiger partial charge >= 0.3 is 0 Å². The highest BCUT2D eigenvalue weighted by molar-refractivity contribution is 5.53. The van der Waals surface area contributed by atoms with Gasteiger partial charge in [0.2, 0.25) is 0 Å². The van der Waals surface area contributed by atoms with Crippen molar-refractivity contribution in [3.8, 4) is 0 Å². The van der Waals surface area contributed by atoms with E-state index in [0.717, 1.165) is 32.7 Å². The number of anilines is 1. The summed E-state index contributed by atoms with van der Waals surface area (Å²) in [6.07, 6.45) is 1.08. The van der Waals surface area contributed by atoms with Crippen molar-refractivity contribution in [1.82, 2.24) is 5.32 Å². The van der Waals surface area contributed by atoms with E-state index < -0.39 is 0 Å². The van der Waals surface area contributed by atoms with Gasteiger partial charge in [-0.05, 0) is 25.0 Å². The zero-order valence-electron chi connectivity index (χ0n) is 10.8. The van der Waals surface area contributed by atoms with E-state index in [2.05, 4.69) is 41.4 Å². The molecule has 3 heteroatoms. The Balaban J connectivity index is 1.99. The Morgan fingerprint density at radius 2 is 2.24 bits per heavy atom. The zero-order valence-corrected chi connectivity index (χ0v) is 10.8. The standard InChI is InChI=1S/C14H22N2O/c1-12-5-3-4-6-14(12)16-9-8-15-13(11-16)7-10-17-2/h3-6,13,15H,7-11H2,1-2H3. The van der Waals surface area contributed by atoms with E-state index in [1.54, 1.807) is 7.11 Å². The van der Waals surface area contributed by atoms with Gasteiger partial charge in [-0.25, -0.2) is 0 Å². The minimum Gasteiger partial charge on any atom is -0.385 e. The van der Waals surface area contributed by atoms with E-state index in [4.69, 9.17) is 4.74 Å². The molecule has 0 spiro atoms. The molecule has 1 N–H and O–H groups in total. The number of hydrogen-bond acceptors (Lipinski definition) is 3. The van der Waals surface area contributed by atoms with Crippen LogP contribution in [0.1, 0.15) is 12.0 Å². The van der Waals surface area contributed by atoms with E-state index in [-0.39, 0.29) is 0 Å². The predicted molar refractivity (Wildman–Crippen MR) is 71.7 cm³/mol. The van der Waals surface area contributed by atoms with Crippen LogP contribution in [0.3, 0.4) is 0 Å². The average molecular weight is 234 g/mol. The van der Waals surface area contributed by atoms with E-state index in [0.29, 0.717) is 6.04 Å². The first kappa shape index (κ1) is 12.4. The molecule has 1 unspecified atom stereocenters. The molecule has 94 valence electrons. The van der Waals surface area contributed by atoms with Gasteiger partial charge in [0.15, 0.2) is 0 Å². The van der Waals surface area contributed by atoms with Gasteiger partial charge in [-0.15, -0.1) is 0 Å². The second-order valence-electron chi connectivity index (χ2n) is 4.67. The summed E-state index contributed by atoms with van der Waals surface area (Å²) >= 11 is 0. The highest BCUT2D eigenvalue weighted by Gasteiger charge is 2.19. The molecular weight excluding hydrogens is 212 g/mol. The molecule has 3 nitrogen and oxygen atoms in total. The van der Waals surface area contributed by atoms with Gasteiger partial charge in [0, 0.05) is 45.1 Å². The maximum atomic E-state index is 5.15. The van der Waals surface area contributed by atoms with E-state index >= 15 is 0 Å². The van der Waals surface area contributed by atoms with Crippen LogP contribution in [0, 0.1) is 6.92 Å². The molecule has 1 saturated heterocycles. The zero-order chi connectivity index (χ0) is 12.1. The second-order valence-corrected chi connectivity index (χ2v) is 4.67. The third-order valence-corrected chi connectivity index (χ3v) is 3.38. The molecule has 1 aliphatic heterocycles. The minimum absolute atomic E-state index is 0.545. The van der Waals surface area contributed by atoms with E-state index in [1.165, 1.54) is 11.3 Å². The van der Waals surface area contributed by atoms with E-state index in [9.17, 15) is 0 Å². The van der Waals surface area contributed by atoms with Crippen molar-refractivity contribution >= 4 is 5.69 Å². The topological polar surface area (TPSA) is 24.5 Å². The molecule has 1 fully saturated rings. The van der Waals surface area contributed by atoms with Crippen molar-refractivity contribution in [1.29, 1.82) is 0 Å². The molecule has 0 aromatic heterocycles. The predicted octanol–water partition coefficient (Wildman–Crippen LogP) is 1.81. The van der Waals surface area contributed by atoms with Crippen molar-refractivity contribution in [2.24, 2.45) is 0 Å². The van der Waals surface area contributed by atoms with Crippen LogP contribution in [0.5, 0.6) is 0 Å². The fraction of sp³-hybridized carbons (Fsp3) is 0.571. The van der Waals surface area contributed by atoms with Gasteiger partial charge in [0.25, 0.3) is 0 Å². The lowest BCUT2D eigenvalue weighted by molar-refractivity contribution is 0.181. The Morgan fingerprint density at radius 3 is 3.00 bits per heavy atom. The van der Waals surface area contributed by atoms with Gasteiger partial charge in [-0.2, -0.15) is 0 Å². The molecule has 2 rings (SSSR count). The first-order valence-electron chi connectivity index (χ1n) is 6.34.